The lowest BCUT2D eigenvalue weighted by Crippen LogP contribution is -2.35. The summed E-state index contributed by atoms with van der Waals surface area (Å²) in [4.78, 5) is 25.0. The Morgan fingerprint density at radius 2 is 2.10 bits per heavy atom. The molecule has 1 atom stereocenters. The normalized spacial score (nSPS) is 11.2. The Kier molecular flexibility index (Phi) is 9.01. The van der Waals surface area contributed by atoms with Gasteiger partial charge in [-0.25, -0.2) is 0 Å². The van der Waals surface area contributed by atoms with E-state index in [-0.39, 0.29) is 36.8 Å². The van der Waals surface area contributed by atoms with Gasteiger partial charge in [0.25, 0.3) is 0 Å². The first-order chi connectivity index (χ1) is 9.38. The Morgan fingerprint density at radius 1 is 1.43 bits per heavy atom. The van der Waals surface area contributed by atoms with Crippen molar-refractivity contribution in [2.75, 3.05) is 18.9 Å². The van der Waals surface area contributed by atoms with Gasteiger partial charge >= 0.3 is 0 Å². The number of likely N-dealkylation sites (N-methyl/N-ethyl adjacent to an activating group) is 1. The minimum atomic E-state index is -0.260. The second-order valence-corrected chi connectivity index (χ2v) is 5.26. The van der Waals surface area contributed by atoms with E-state index >= 15 is 0 Å². The SMILES string of the molecule is CC(N)CCC(=O)N(C)CC(=O)Nc1cccc(Cl)c1.Cl. The van der Waals surface area contributed by atoms with Gasteiger partial charge in [0.1, 0.15) is 0 Å². The molecule has 1 aromatic rings. The highest BCUT2D eigenvalue weighted by atomic mass is 35.5. The number of carbonyl (C=O) groups excluding carboxylic acids is 2. The summed E-state index contributed by atoms with van der Waals surface area (Å²) in [5.74, 6) is -0.354. The standard InChI is InChI=1S/C14H20ClN3O2.ClH/c1-10(16)6-7-14(20)18(2)9-13(19)17-12-5-3-4-11(15)8-12;/h3-5,8,10H,6-7,9,16H2,1-2H3,(H,17,19);1H. The van der Waals surface area contributed by atoms with Crippen LogP contribution >= 0.6 is 24.0 Å². The average Bonchev–Trinajstić information content (AvgIpc) is 2.35. The summed E-state index contributed by atoms with van der Waals surface area (Å²) in [5, 5.41) is 3.24. The molecule has 0 fully saturated rings. The molecule has 0 aliphatic rings. The predicted molar refractivity (Wildman–Crippen MR) is 87.9 cm³/mol. The molecule has 2 amide bonds. The Bertz CT molecular complexity index is 481. The summed E-state index contributed by atoms with van der Waals surface area (Å²) >= 11 is 5.83. The van der Waals surface area contributed by atoms with E-state index in [4.69, 9.17) is 17.3 Å². The van der Waals surface area contributed by atoms with Gasteiger partial charge in [0, 0.05) is 30.2 Å². The molecule has 0 heterocycles. The Labute approximate surface area is 136 Å². The van der Waals surface area contributed by atoms with Crippen molar-refractivity contribution >= 4 is 41.5 Å². The molecule has 5 nitrogen and oxygen atoms in total. The summed E-state index contributed by atoms with van der Waals surface area (Å²) in [6, 6.07) is 6.84. The second kappa shape index (κ2) is 9.60. The van der Waals surface area contributed by atoms with Crippen molar-refractivity contribution in [3.05, 3.63) is 29.3 Å². The summed E-state index contributed by atoms with van der Waals surface area (Å²) in [7, 11) is 1.60. The topological polar surface area (TPSA) is 75.4 Å². The van der Waals surface area contributed by atoms with Crippen molar-refractivity contribution < 1.29 is 9.59 Å². The lowest BCUT2D eigenvalue weighted by atomic mass is 10.2. The molecule has 1 aromatic carbocycles. The fraction of sp³-hybridized carbons (Fsp3) is 0.429. The molecule has 0 aromatic heterocycles. The predicted octanol–water partition coefficient (Wildman–Crippen LogP) is 2.29. The van der Waals surface area contributed by atoms with Gasteiger partial charge in [-0.2, -0.15) is 0 Å². The maximum Gasteiger partial charge on any atom is 0.243 e. The maximum atomic E-state index is 11.8. The van der Waals surface area contributed by atoms with E-state index in [1.54, 1.807) is 31.3 Å². The average molecular weight is 334 g/mol. The van der Waals surface area contributed by atoms with Gasteiger partial charge in [0.15, 0.2) is 0 Å². The van der Waals surface area contributed by atoms with E-state index in [1.807, 2.05) is 6.92 Å². The molecule has 0 saturated carbocycles. The van der Waals surface area contributed by atoms with Gasteiger partial charge in [-0.15, -0.1) is 12.4 Å². The van der Waals surface area contributed by atoms with Crippen LogP contribution in [-0.2, 0) is 9.59 Å². The van der Waals surface area contributed by atoms with Crippen LogP contribution in [0.1, 0.15) is 19.8 Å². The summed E-state index contributed by atoms with van der Waals surface area (Å²) in [5.41, 5.74) is 6.21. The van der Waals surface area contributed by atoms with Crippen molar-refractivity contribution in [2.24, 2.45) is 5.73 Å². The van der Waals surface area contributed by atoms with E-state index < -0.39 is 0 Å². The van der Waals surface area contributed by atoms with E-state index in [0.717, 1.165) is 0 Å². The van der Waals surface area contributed by atoms with Crippen LogP contribution in [0.5, 0.6) is 0 Å². The second-order valence-electron chi connectivity index (χ2n) is 4.82. The molecule has 0 saturated heterocycles. The maximum absolute atomic E-state index is 11.8. The fourth-order valence-corrected chi connectivity index (χ4v) is 1.80. The van der Waals surface area contributed by atoms with Gasteiger partial charge in [-0.3, -0.25) is 9.59 Å². The Balaban J connectivity index is 0.00000400. The fourth-order valence-electron chi connectivity index (χ4n) is 1.61. The molecule has 21 heavy (non-hydrogen) atoms. The van der Waals surface area contributed by atoms with Crippen LogP contribution in [0.25, 0.3) is 0 Å². The van der Waals surface area contributed by atoms with E-state index in [2.05, 4.69) is 5.32 Å². The van der Waals surface area contributed by atoms with E-state index in [1.165, 1.54) is 4.90 Å². The van der Waals surface area contributed by atoms with Crippen molar-refractivity contribution in [3.63, 3.8) is 0 Å². The number of rotatable bonds is 6. The molecule has 7 heteroatoms. The number of benzene rings is 1. The van der Waals surface area contributed by atoms with E-state index in [9.17, 15) is 9.59 Å². The number of anilines is 1. The number of nitrogens with two attached hydrogens (primary N) is 1. The first kappa shape index (κ1) is 19.7. The van der Waals surface area contributed by atoms with Gasteiger partial charge < -0.3 is 16.0 Å². The number of hydrogen-bond donors (Lipinski definition) is 2. The first-order valence-corrected chi connectivity index (χ1v) is 6.81. The highest BCUT2D eigenvalue weighted by molar-refractivity contribution is 6.30. The van der Waals surface area contributed by atoms with Crippen LogP contribution in [-0.4, -0.2) is 36.3 Å². The lowest BCUT2D eigenvalue weighted by molar-refractivity contribution is -0.133. The molecule has 3 N–H and O–H groups in total. The van der Waals surface area contributed by atoms with Crippen LogP contribution in [0, 0.1) is 0 Å². The number of amides is 2. The van der Waals surface area contributed by atoms with Gasteiger partial charge in [0.2, 0.25) is 11.8 Å². The van der Waals surface area contributed by atoms with Crippen LogP contribution in [0.3, 0.4) is 0 Å². The van der Waals surface area contributed by atoms with Crippen molar-refractivity contribution in [1.82, 2.24) is 4.90 Å². The molecular formula is C14H21Cl2N3O2. The Morgan fingerprint density at radius 3 is 2.67 bits per heavy atom. The van der Waals surface area contributed by atoms with Crippen LogP contribution in [0.4, 0.5) is 5.69 Å². The number of nitrogens with one attached hydrogen (secondary N) is 1. The number of carbonyl (C=O) groups is 2. The molecule has 1 rings (SSSR count). The third-order valence-electron chi connectivity index (χ3n) is 2.73. The zero-order chi connectivity index (χ0) is 15.1. The quantitative estimate of drug-likeness (QED) is 0.838. The van der Waals surface area contributed by atoms with Crippen molar-refractivity contribution in [3.8, 4) is 0 Å². The summed E-state index contributed by atoms with van der Waals surface area (Å²) in [6.45, 7) is 1.85. The molecule has 0 bridgehead atoms. The Hall–Kier alpha value is -1.30. The monoisotopic (exact) mass is 333 g/mol. The third-order valence-corrected chi connectivity index (χ3v) is 2.96. The smallest absolute Gasteiger partial charge is 0.243 e. The molecule has 0 radical (unpaired) electrons. The van der Waals surface area contributed by atoms with Gasteiger partial charge in [0.05, 0.1) is 6.54 Å². The minimum absolute atomic E-state index is 0. The molecule has 1 unspecified atom stereocenters. The van der Waals surface area contributed by atoms with Crippen LogP contribution < -0.4 is 11.1 Å². The first-order valence-electron chi connectivity index (χ1n) is 6.43. The molecule has 0 spiro atoms. The number of hydrogen-bond acceptors (Lipinski definition) is 3. The van der Waals surface area contributed by atoms with Crippen molar-refractivity contribution in [2.45, 2.75) is 25.8 Å². The van der Waals surface area contributed by atoms with Crippen molar-refractivity contribution in [1.29, 1.82) is 0 Å². The minimum Gasteiger partial charge on any atom is -0.336 e. The van der Waals surface area contributed by atoms with E-state index in [0.29, 0.717) is 23.6 Å². The highest BCUT2D eigenvalue weighted by Gasteiger charge is 2.13. The number of nitrogens with zero attached hydrogens (tertiary/aromatic N) is 1. The summed E-state index contributed by atoms with van der Waals surface area (Å²) in [6.07, 6.45) is 0.956. The molecule has 0 aliphatic heterocycles. The zero-order valence-corrected chi connectivity index (χ0v) is 13.7. The van der Waals surface area contributed by atoms with Crippen LogP contribution in [0.15, 0.2) is 24.3 Å². The summed E-state index contributed by atoms with van der Waals surface area (Å²) < 4.78 is 0. The molecule has 0 aliphatic carbocycles. The molecule has 118 valence electrons. The van der Waals surface area contributed by atoms with Gasteiger partial charge in [-0.1, -0.05) is 17.7 Å². The lowest BCUT2D eigenvalue weighted by Gasteiger charge is -2.17. The highest BCUT2D eigenvalue weighted by Crippen LogP contribution is 2.14. The van der Waals surface area contributed by atoms with Gasteiger partial charge in [-0.05, 0) is 31.5 Å². The molecular weight excluding hydrogens is 313 g/mol. The number of halogens is 2. The largest absolute Gasteiger partial charge is 0.336 e. The third kappa shape index (κ3) is 7.90. The van der Waals surface area contributed by atoms with Crippen LogP contribution in [0.2, 0.25) is 5.02 Å². The zero-order valence-electron chi connectivity index (χ0n) is 12.1.